The van der Waals surface area contributed by atoms with Gasteiger partial charge in [0.05, 0.1) is 11.3 Å². The average Bonchev–Trinajstić information content (AvgIpc) is 2.26. The molecule has 1 amide bonds. The molecule has 0 atom stereocenters. The Kier molecular flexibility index (Phi) is 4.59. The third kappa shape index (κ3) is 3.84. The molecular formula is C11H12FNO4. The van der Waals surface area contributed by atoms with Gasteiger partial charge in [-0.05, 0) is 25.1 Å². The molecule has 17 heavy (non-hydrogen) atoms. The normalized spacial score (nSPS) is 10.0. The molecule has 0 aliphatic heterocycles. The number of benzene rings is 1. The monoisotopic (exact) mass is 241 g/mol. The maximum Gasteiger partial charge on any atom is 0.337 e. The highest BCUT2D eigenvalue weighted by Gasteiger charge is 2.13. The van der Waals surface area contributed by atoms with E-state index in [4.69, 9.17) is 9.84 Å². The second-order valence-electron chi connectivity index (χ2n) is 3.18. The van der Waals surface area contributed by atoms with Gasteiger partial charge in [0.2, 0.25) is 5.91 Å². The lowest BCUT2D eigenvalue weighted by Gasteiger charge is -2.08. The smallest absolute Gasteiger partial charge is 0.337 e. The van der Waals surface area contributed by atoms with Crippen LogP contribution in [0.25, 0.3) is 0 Å². The van der Waals surface area contributed by atoms with E-state index in [1.165, 1.54) is 0 Å². The summed E-state index contributed by atoms with van der Waals surface area (Å²) in [6.45, 7) is 1.88. The van der Waals surface area contributed by atoms with Crippen LogP contribution < -0.4 is 5.32 Å². The van der Waals surface area contributed by atoms with Crippen LogP contribution in [0.4, 0.5) is 10.1 Å². The van der Waals surface area contributed by atoms with E-state index in [0.29, 0.717) is 6.61 Å². The zero-order valence-corrected chi connectivity index (χ0v) is 9.20. The summed E-state index contributed by atoms with van der Waals surface area (Å²) in [5.41, 5.74) is -0.251. The summed E-state index contributed by atoms with van der Waals surface area (Å²) in [7, 11) is 0. The van der Waals surface area contributed by atoms with Gasteiger partial charge in [-0.1, -0.05) is 0 Å². The van der Waals surface area contributed by atoms with E-state index in [2.05, 4.69) is 5.32 Å². The van der Waals surface area contributed by atoms with Crippen LogP contribution in [0.1, 0.15) is 17.3 Å². The highest BCUT2D eigenvalue weighted by atomic mass is 19.1. The molecule has 0 aliphatic rings. The first kappa shape index (κ1) is 13.1. The van der Waals surface area contributed by atoms with Crippen LogP contribution in [0, 0.1) is 5.82 Å². The quantitative estimate of drug-likeness (QED) is 0.819. The molecule has 0 spiro atoms. The molecule has 0 fully saturated rings. The molecule has 1 aromatic carbocycles. The van der Waals surface area contributed by atoms with Gasteiger partial charge in [0.15, 0.2) is 0 Å². The van der Waals surface area contributed by atoms with Crippen LogP contribution >= 0.6 is 0 Å². The van der Waals surface area contributed by atoms with Crippen LogP contribution in [0.15, 0.2) is 18.2 Å². The third-order valence-electron chi connectivity index (χ3n) is 1.92. The number of anilines is 1. The Morgan fingerprint density at radius 3 is 2.76 bits per heavy atom. The minimum absolute atomic E-state index is 0.0813. The molecule has 0 aromatic heterocycles. The average molecular weight is 241 g/mol. The molecule has 0 unspecified atom stereocenters. The van der Waals surface area contributed by atoms with E-state index < -0.39 is 17.7 Å². The first-order chi connectivity index (χ1) is 8.04. The molecule has 0 saturated carbocycles. The van der Waals surface area contributed by atoms with Gasteiger partial charge in [0, 0.05) is 6.61 Å². The molecule has 0 saturated heterocycles. The van der Waals surface area contributed by atoms with E-state index in [0.717, 1.165) is 18.2 Å². The number of carboxylic acids is 1. The predicted molar refractivity (Wildman–Crippen MR) is 58.5 cm³/mol. The summed E-state index contributed by atoms with van der Waals surface area (Å²) < 4.78 is 17.8. The Hall–Kier alpha value is -1.95. The van der Waals surface area contributed by atoms with Gasteiger partial charge < -0.3 is 15.2 Å². The third-order valence-corrected chi connectivity index (χ3v) is 1.92. The highest BCUT2D eigenvalue weighted by molar-refractivity contribution is 6.00. The fraction of sp³-hybridized carbons (Fsp3) is 0.273. The van der Waals surface area contributed by atoms with Crippen LogP contribution in [0.2, 0.25) is 0 Å². The topological polar surface area (TPSA) is 75.6 Å². The number of carbonyl (C=O) groups excluding carboxylic acids is 1. The molecular weight excluding hydrogens is 229 g/mol. The van der Waals surface area contributed by atoms with Gasteiger partial charge in [-0.25, -0.2) is 9.18 Å². The van der Waals surface area contributed by atoms with Gasteiger partial charge in [-0.15, -0.1) is 0 Å². The fourth-order valence-corrected chi connectivity index (χ4v) is 1.19. The first-order valence-electron chi connectivity index (χ1n) is 4.95. The van der Waals surface area contributed by atoms with Crippen molar-refractivity contribution in [2.45, 2.75) is 6.92 Å². The van der Waals surface area contributed by atoms with Crippen LogP contribution in [0.3, 0.4) is 0 Å². The van der Waals surface area contributed by atoms with Crippen molar-refractivity contribution in [3.63, 3.8) is 0 Å². The van der Waals surface area contributed by atoms with Crippen molar-refractivity contribution >= 4 is 17.6 Å². The highest BCUT2D eigenvalue weighted by Crippen LogP contribution is 2.17. The van der Waals surface area contributed by atoms with Gasteiger partial charge in [-0.2, -0.15) is 0 Å². The Morgan fingerprint density at radius 1 is 1.47 bits per heavy atom. The lowest BCUT2D eigenvalue weighted by atomic mass is 10.1. The van der Waals surface area contributed by atoms with E-state index in [-0.39, 0.29) is 17.9 Å². The molecule has 5 nitrogen and oxygen atoms in total. The number of nitrogens with one attached hydrogen (secondary N) is 1. The number of halogens is 1. The van der Waals surface area contributed by atoms with Crippen LogP contribution in [-0.4, -0.2) is 30.2 Å². The molecule has 92 valence electrons. The minimum Gasteiger partial charge on any atom is -0.478 e. The van der Waals surface area contributed by atoms with Gasteiger partial charge >= 0.3 is 5.97 Å². The number of carboxylic acid groups (broad SMARTS) is 1. The molecule has 0 aliphatic carbocycles. The Morgan fingerprint density at radius 2 is 2.18 bits per heavy atom. The summed E-state index contributed by atoms with van der Waals surface area (Å²) in [5, 5.41) is 11.1. The van der Waals surface area contributed by atoms with E-state index in [1.807, 2.05) is 0 Å². The predicted octanol–water partition coefficient (Wildman–Crippen LogP) is 1.50. The molecule has 6 heteroatoms. The largest absolute Gasteiger partial charge is 0.478 e. The fourth-order valence-electron chi connectivity index (χ4n) is 1.19. The molecule has 2 N–H and O–H groups in total. The number of rotatable bonds is 5. The number of ether oxygens (including phenoxy) is 1. The maximum atomic E-state index is 12.9. The van der Waals surface area contributed by atoms with Crippen molar-refractivity contribution in [3.05, 3.63) is 29.6 Å². The lowest BCUT2D eigenvalue weighted by molar-refractivity contribution is -0.120. The van der Waals surface area contributed by atoms with Crippen molar-refractivity contribution in [2.24, 2.45) is 0 Å². The number of amides is 1. The van der Waals surface area contributed by atoms with Gasteiger partial charge in [0.25, 0.3) is 0 Å². The number of carbonyl (C=O) groups is 2. The summed E-state index contributed by atoms with van der Waals surface area (Å²) in [6.07, 6.45) is 0. The standard InChI is InChI=1S/C11H12FNO4/c1-2-17-6-10(14)13-9-5-7(12)3-4-8(9)11(15)16/h3-5H,2,6H2,1H3,(H,13,14)(H,15,16). The lowest BCUT2D eigenvalue weighted by Crippen LogP contribution is -2.20. The summed E-state index contributed by atoms with van der Waals surface area (Å²) >= 11 is 0. The van der Waals surface area contributed by atoms with Gasteiger partial charge in [0.1, 0.15) is 12.4 Å². The van der Waals surface area contributed by atoms with E-state index >= 15 is 0 Å². The van der Waals surface area contributed by atoms with Crippen molar-refractivity contribution in [3.8, 4) is 0 Å². The van der Waals surface area contributed by atoms with Crippen molar-refractivity contribution in [1.82, 2.24) is 0 Å². The Balaban J connectivity index is 2.85. The maximum absolute atomic E-state index is 12.9. The molecule has 0 radical (unpaired) electrons. The second kappa shape index (κ2) is 5.95. The molecule has 1 rings (SSSR count). The Labute approximate surface area is 97.2 Å². The summed E-state index contributed by atoms with van der Waals surface area (Å²) in [4.78, 5) is 22.1. The van der Waals surface area contributed by atoms with Crippen LogP contribution in [0.5, 0.6) is 0 Å². The van der Waals surface area contributed by atoms with E-state index in [1.54, 1.807) is 6.92 Å². The van der Waals surface area contributed by atoms with Crippen molar-refractivity contribution in [2.75, 3.05) is 18.5 Å². The first-order valence-corrected chi connectivity index (χ1v) is 4.95. The van der Waals surface area contributed by atoms with Crippen molar-refractivity contribution in [1.29, 1.82) is 0 Å². The zero-order chi connectivity index (χ0) is 12.8. The molecule has 0 bridgehead atoms. The number of aromatic carboxylic acids is 1. The minimum atomic E-state index is -1.24. The van der Waals surface area contributed by atoms with E-state index in [9.17, 15) is 14.0 Å². The molecule has 0 heterocycles. The summed E-state index contributed by atoms with van der Waals surface area (Å²) in [5.74, 6) is -2.39. The van der Waals surface area contributed by atoms with Crippen LogP contribution in [-0.2, 0) is 9.53 Å². The second-order valence-corrected chi connectivity index (χ2v) is 3.18. The summed E-state index contributed by atoms with van der Waals surface area (Å²) in [6, 6.07) is 3.06. The van der Waals surface area contributed by atoms with Crippen molar-refractivity contribution < 1.29 is 23.8 Å². The SMILES string of the molecule is CCOCC(=O)Nc1cc(F)ccc1C(=O)O. The Bertz CT molecular complexity index is 433. The number of hydrogen-bond acceptors (Lipinski definition) is 3. The molecule has 1 aromatic rings. The number of hydrogen-bond donors (Lipinski definition) is 2. The zero-order valence-electron chi connectivity index (χ0n) is 9.20. The van der Waals surface area contributed by atoms with Gasteiger partial charge in [-0.3, -0.25) is 4.79 Å².